The molecule has 0 unspecified atom stereocenters. The fraction of sp³-hybridized carbons (Fsp3) is 0. The number of benzene rings is 5. The quantitative estimate of drug-likeness (QED) is 0.0592. The second kappa shape index (κ2) is 11.8. The van der Waals surface area contributed by atoms with E-state index in [4.69, 9.17) is 0 Å². The predicted molar refractivity (Wildman–Crippen MR) is 157 cm³/mol. The minimum atomic E-state index is -2.27. The maximum Gasteiger partial charge on any atom is 0.200 e. The summed E-state index contributed by atoms with van der Waals surface area (Å²) in [5, 5.41) is 5.54. The van der Waals surface area contributed by atoms with E-state index in [0.29, 0.717) is 11.4 Å². The third-order valence-electron chi connectivity index (χ3n) is 6.51. The van der Waals surface area contributed by atoms with Crippen molar-refractivity contribution in [2.24, 2.45) is 0 Å². The molecular weight excluding hydrogens is 565 g/mol. The zero-order valence-electron chi connectivity index (χ0n) is 22.1. The second-order valence-corrected chi connectivity index (χ2v) is 9.32. The molecule has 0 aliphatic heterocycles. The molecule has 0 saturated carbocycles. The molecule has 0 bridgehead atoms. The minimum absolute atomic E-state index is 0.170. The van der Waals surface area contributed by atoms with Crippen molar-refractivity contribution in [3.8, 4) is 0 Å². The van der Waals surface area contributed by atoms with Crippen LogP contribution in [0.1, 0.15) is 0 Å². The van der Waals surface area contributed by atoms with Crippen molar-refractivity contribution in [3.05, 3.63) is 138 Å². The number of aromatic nitrogens is 1. The molecule has 4 N–H and O–H groups in total. The van der Waals surface area contributed by atoms with Gasteiger partial charge in [0.2, 0.25) is 5.82 Å². The van der Waals surface area contributed by atoms with Crippen LogP contribution in [0.5, 0.6) is 0 Å². The fourth-order valence-corrected chi connectivity index (χ4v) is 4.42. The summed E-state index contributed by atoms with van der Waals surface area (Å²) in [6, 6.07) is 30.8. The fourth-order valence-electron chi connectivity index (χ4n) is 4.42. The number of anilines is 4. The van der Waals surface area contributed by atoms with Gasteiger partial charge in [0.05, 0.1) is 11.4 Å². The Bertz CT molecular complexity index is 1890. The first kappa shape index (κ1) is 27.7. The molecule has 0 fully saturated rings. The summed E-state index contributed by atoms with van der Waals surface area (Å²) in [4.78, 5) is 4.17. The van der Waals surface area contributed by atoms with Gasteiger partial charge in [0.15, 0.2) is 23.3 Å². The van der Waals surface area contributed by atoms with Crippen molar-refractivity contribution < 1.29 is 22.0 Å². The first-order chi connectivity index (χ1) is 20.9. The van der Waals surface area contributed by atoms with Crippen LogP contribution in [0.2, 0.25) is 0 Å². The largest absolute Gasteiger partial charge is 0.284 e. The molecule has 6 rings (SSSR count). The number of rotatable bonds is 9. The summed E-state index contributed by atoms with van der Waals surface area (Å²) in [6.07, 6.45) is 1.46. The van der Waals surface area contributed by atoms with Crippen LogP contribution in [-0.4, -0.2) is 15.4 Å². The van der Waals surface area contributed by atoms with Crippen LogP contribution in [0.4, 0.5) is 44.8 Å². The van der Waals surface area contributed by atoms with Crippen LogP contribution in [0.3, 0.4) is 0 Å². The van der Waals surface area contributed by atoms with Gasteiger partial charge in [0.25, 0.3) is 0 Å². The molecule has 0 aliphatic rings. The van der Waals surface area contributed by atoms with Crippen molar-refractivity contribution in [2.45, 2.75) is 0 Å². The summed E-state index contributed by atoms with van der Waals surface area (Å²) < 4.78 is 72.0. The normalized spacial score (nSPS) is 11.3. The predicted octanol–water partition coefficient (Wildman–Crippen LogP) is 8.01. The molecule has 7 nitrogen and oxygen atoms in total. The standard InChI is InChI=1S/C31H22F5N7/c32-26-27(33)29(35)31(30(36)28(26)34)41-43(40-25-14-5-6-17-37-25)42(38-22-16-15-19-8-1-2-10-21(19)18-22)39-24-13-7-11-20-9-3-4-12-23(20)24/h1-18,38-39,41H,(H,37,40). The Morgan fingerprint density at radius 3 is 1.86 bits per heavy atom. The molecule has 5 aromatic carbocycles. The summed E-state index contributed by atoms with van der Waals surface area (Å²) in [5.74, 6) is -10.4. The highest BCUT2D eigenvalue weighted by Gasteiger charge is 2.29. The van der Waals surface area contributed by atoms with Crippen LogP contribution >= 0.6 is 0 Å². The lowest BCUT2D eigenvalue weighted by Crippen LogP contribution is -2.55. The average Bonchev–Trinajstić information content (AvgIpc) is 3.04. The Balaban J connectivity index is 1.47. The van der Waals surface area contributed by atoms with Gasteiger partial charge in [-0.2, -0.15) is 0 Å². The molecule has 1 heterocycles. The summed E-state index contributed by atoms with van der Waals surface area (Å²) in [7, 11) is 0. The lowest BCUT2D eigenvalue weighted by Gasteiger charge is -2.36. The van der Waals surface area contributed by atoms with Gasteiger partial charge in [-0.1, -0.05) is 72.8 Å². The van der Waals surface area contributed by atoms with Gasteiger partial charge in [0, 0.05) is 11.6 Å². The number of hydrazine groups is 5. The van der Waals surface area contributed by atoms with E-state index in [2.05, 4.69) is 26.7 Å². The summed E-state index contributed by atoms with van der Waals surface area (Å²) >= 11 is 0. The number of hydrogen-bond donors (Lipinski definition) is 4. The molecule has 0 saturated heterocycles. The third kappa shape index (κ3) is 5.69. The zero-order valence-corrected chi connectivity index (χ0v) is 22.1. The van der Waals surface area contributed by atoms with E-state index in [0.717, 1.165) is 32.0 Å². The molecule has 0 amide bonds. The van der Waals surface area contributed by atoms with Crippen LogP contribution in [0.25, 0.3) is 21.5 Å². The molecule has 0 radical (unpaired) electrons. The van der Waals surface area contributed by atoms with Crippen molar-refractivity contribution in [1.82, 2.24) is 15.4 Å². The van der Waals surface area contributed by atoms with Crippen molar-refractivity contribution >= 4 is 44.4 Å². The first-order valence-corrected chi connectivity index (χ1v) is 12.9. The first-order valence-electron chi connectivity index (χ1n) is 12.9. The molecule has 43 heavy (non-hydrogen) atoms. The van der Waals surface area contributed by atoms with Crippen LogP contribution in [0.15, 0.2) is 109 Å². The van der Waals surface area contributed by atoms with E-state index in [1.165, 1.54) is 6.20 Å². The van der Waals surface area contributed by atoms with Gasteiger partial charge in [-0.3, -0.25) is 21.7 Å². The van der Waals surface area contributed by atoms with Gasteiger partial charge < -0.3 is 0 Å². The van der Waals surface area contributed by atoms with Crippen LogP contribution < -0.4 is 21.7 Å². The van der Waals surface area contributed by atoms with E-state index in [9.17, 15) is 22.0 Å². The number of hydrogen-bond acceptors (Lipinski definition) is 7. The van der Waals surface area contributed by atoms with Crippen LogP contribution in [0, 0.1) is 29.1 Å². The van der Waals surface area contributed by atoms with E-state index in [1.54, 1.807) is 36.4 Å². The highest BCUT2D eigenvalue weighted by molar-refractivity contribution is 5.93. The lowest BCUT2D eigenvalue weighted by molar-refractivity contribution is 0.0799. The monoisotopic (exact) mass is 587 g/mol. The molecular formula is C31H22F5N7. The van der Waals surface area contributed by atoms with Gasteiger partial charge in [-0.25, -0.2) is 26.9 Å². The summed E-state index contributed by atoms with van der Waals surface area (Å²) in [6.45, 7) is 0. The number of halogens is 5. The molecule has 12 heteroatoms. The molecule has 0 spiro atoms. The number of fused-ring (bicyclic) bond motifs is 2. The maximum absolute atomic E-state index is 14.9. The van der Waals surface area contributed by atoms with E-state index < -0.39 is 34.8 Å². The van der Waals surface area contributed by atoms with Crippen LogP contribution in [-0.2, 0) is 0 Å². The highest BCUT2D eigenvalue weighted by atomic mass is 19.2. The molecule has 1 aromatic heterocycles. The maximum atomic E-state index is 14.9. The minimum Gasteiger partial charge on any atom is -0.284 e. The Hall–Kier alpha value is -5.46. The highest BCUT2D eigenvalue weighted by Crippen LogP contribution is 2.29. The Labute approximate surface area is 242 Å². The van der Waals surface area contributed by atoms with Crippen molar-refractivity contribution in [2.75, 3.05) is 21.7 Å². The zero-order chi connectivity index (χ0) is 29.9. The molecule has 6 aromatic rings. The lowest BCUT2D eigenvalue weighted by atomic mass is 10.1. The van der Waals surface area contributed by atoms with E-state index >= 15 is 0 Å². The molecule has 0 aliphatic carbocycles. The van der Waals surface area contributed by atoms with Gasteiger partial charge >= 0.3 is 0 Å². The van der Waals surface area contributed by atoms with Crippen molar-refractivity contribution in [3.63, 3.8) is 0 Å². The Kier molecular flexibility index (Phi) is 7.60. The van der Waals surface area contributed by atoms with E-state index in [-0.39, 0.29) is 5.82 Å². The number of nitrogens with zero attached hydrogens (tertiary/aromatic N) is 3. The topological polar surface area (TPSA) is 67.5 Å². The average molecular weight is 588 g/mol. The summed E-state index contributed by atoms with van der Waals surface area (Å²) in [5.41, 5.74) is 11.1. The van der Waals surface area contributed by atoms with Gasteiger partial charge in [-0.05, 0) is 56.9 Å². The molecule has 0 atom stereocenters. The Morgan fingerprint density at radius 1 is 0.488 bits per heavy atom. The Morgan fingerprint density at radius 2 is 1.12 bits per heavy atom. The number of pyridine rings is 1. The van der Waals surface area contributed by atoms with Crippen molar-refractivity contribution in [1.29, 1.82) is 0 Å². The van der Waals surface area contributed by atoms with E-state index in [1.807, 2.05) is 66.7 Å². The number of nitrogens with one attached hydrogen (secondary N) is 4. The third-order valence-corrected chi connectivity index (χ3v) is 6.51. The SMILES string of the molecule is Fc1c(F)c(F)c(NN(Nc2ccccn2)N(Nc2ccc3ccccc3c2)Nc2cccc3ccccc23)c(F)c1F. The second-order valence-electron chi connectivity index (χ2n) is 9.32. The van der Waals surface area contributed by atoms with Gasteiger partial charge in [-0.15, -0.1) is 0 Å². The van der Waals surface area contributed by atoms with Gasteiger partial charge in [0.1, 0.15) is 11.5 Å². The molecule has 216 valence electrons. The smallest absolute Gasteiger partial charge is 0.200 e.